The van der Waals surface area contributed by atoms with Crippen molar-refractivity contribution in [1.29, 1.82) is 0 Å². The monoisotopic (exact) mass is 319 g/mol. The summed E-state index contributed by atoms with van der Waals surface area (Å²) in [5, 5.41) is 0. The molecular formula is C19H17N3O2. The molecule has 1 atom stereocenters. The van der Waals surface area contributed by atoms with Crippen LogP contribution in [0.25, 0.3) is 11.0 Å². The van der Waals surface area contributed by atoms with Crippen LogP contribution in [0.4, 0.5) is 5.69 Å². The topological polar surface area (TPSA) is 55.2 Å². The highest BCUT2D eigenvalue weighted by atomic mass is 16.2. The van der Waals surface area contributed by atoms with Crippen LogP contribution >= 0.6 is 0 Å². The van der Waals surface area contributed by atoms with E-state index >= 15 is 0 Å². The molecule has 120 valence electrons. The van der Waals surface area contributed by atoms with Gasteiger partial charge < -0.3 is 4.90 Å². The van der Waals surface area contributed by atoms with Gasteiger partial charge in [-0.3, -0.25) is 14.2 Å². The molecule has 0 fully saturated rings. The van der Waals surface area contributed by atoms with Gasteiger partial charge in [-0.05, 0) is 37.1 Å². The van der Waals surface area contributed by atoms with Gasteiger partial charge >= 0.3 is 0 Å². The Bertz CT molecular complexity index is 993. The normalized spacial score (nSPS) is 16.4. The predicted molar refractivity (Wildman–Crippen MR) is 93.1 cm³/mol. The summed E-state index contributed by atoms with van der Waals surface area (Å²) in [6.45, 7) is 2.05. The molecule has 0 radical (unpaired) electrons. The van der Waals surface area contributed by atoms with E-state index < -0.39 is 0 Å². The van der Waals surface area contributed by atoms with Crippen molar-refractivity contribution in [3.05, 3.63) is 70.6 Å². The number of aromatic nitrogens is 2. The van der Waals surface area contributed by atoms with Crippen molar-refractivity contribution in [2.24, 2.45) is 0 Å². The van der Waals surface area contributed by atoms with Crippen LogP contribution in [-0.4, -0.2) is 21.5 Å². The number of carbonyl (C=O) groups is 1. The van der Waals surface area contributed by atoms with Gasteiger partial charge in [0.25, 0.3) is 5.56 Å². The Morgan fingerprint density at radius 2 is 1.92 bits per heavy atom. The van der Waals surface area contributed by atoms with E-state index in [4.69, 9.17) is 0 Å². The number of hydrogen-bond acceptors (Lipinski definition) is 3. The minimum absolute atomic E-state index is 0.0144. The maximum atomic E-state index is 12.9. The van der Waals surface area contributed by atoms with Crippen LogP contribution in [0.1, 0.15) is 12.5 Å². The smallest absolute Gasteiger partial charge is 0.269 e. The van der Waals surface area contributed by atoms with Crippen LogP contribution in [0.3, 0.4) is 0 Å². The van der Waals surface area contributed by atoms with Crippen molar-refractivity contribution in [3.8, 4) is 0 Å². The van der Waals surface area contributed by atoms with Gasteiger partial charge in [-0.2, -0.15) is 0 Å². The molecule has 0 saturated carbocycles. The average molecular weight is 319 g/mol. The summed E-state index contributed by atoms with van der Waals surface area (Å²) < 4.78 is 1.50. The van der Waals surface area contributed by atoms with E-state index in [2.05, 4.69) is 4.98 Å². The Morgan fingerprint density at radius 3 is 2.79 bits per heavy atom. The predicted octanol–water partition coefficient (Wildman–Crippen LogP) is 2.37. The number of amides is 1. The molecule has 5 heteroatoms. The standard InChI is InChI=1S/C19H17N3O2/c1-13-10-14-6-2-4-8-16(14)22(13)19(24)12-21-17-9-5-3-7-15(17)20-11-18(21)23/h2-9,11,13H,10,12H2,1H3/t13-/m0/s1. The third-order valence-corrected chi connectivity index (χ3v) is 4.52. The van der Waals surface area contributed by atoms with Crippen LogP contribution in [0, 0.1) is 0 Å². The van der Waals surface area contributed by atoms with E-state index in [9.17, 15) is 9.59 Å². The largest absolute Gasteiger partial charge is 0.307 e. The van der Waals surface area contributed by atoms with Crippen LogP contribution in [0.15, 0.2) is 59.5 Å². The number of hydrogen-bond donors (Lipinski definition) is 0. The molecule has 1 aromatic heterocycles. The highest BCUT2D eigenvalue weighted by Gasteiger charge is 2.30. The maximum Gasteiger partial charge on any atom is 0.269 e. The van der Waals surface area contributed by atoms with Crippen LogP contribution < -0.4 is 10.5 Å². The van der Waals surface area contributed by atoms with E-state index in [1.165, 1.54) is 16.3 Å². The first-order valence-corrected chi connectivity index (χ1v) is 7.99. The second-order valence-corrected chi connectivity index (χ2v) is 6.12. The van der Waals surface area contributed by atoms with Crippen LogP contribution in [-0.2, 0) is 17.8 Å². The first-order valence-electron chi connectivity index (χ1n) is 7.99. The van der Waals surface area contributed by atoms with E-state index in [1.54, 1.807) is 4.90 Å². The maximum absolute atomic E-state index is 12.9. The van der Waals surface area contributed by atoms with Crippen molar-refractivity contribution in [2.45, 2.75) is 25.9 Å². The summed E-state index contributed by atoms with van der Waals surface area (Å²) in [6, 6.07) is 15.4. The lowest BCUT2D eigenvalue weighted by Crippen LogP contribution is -2.40. The van der Waals surface area contributed by atoms with E-state index in [0.29, 0.717) is 11.0 Å². The number of para-hydroxylation sites is 3. The lowest BCUT2D eigenvalue weighted by atomic mass is 10.1. The number of nitrogens with zero attached hydrogens (tertiary/aromatic N) is 3. The number of carbonyl (C=O) groups excluding carboxylic acids is 1. The fraction of sp³-hybridized carbons (Fsp3) is 0.211. The first kappa shape index (κ1) is 14.6. The summed E-state index contributed by atoms with van der Waals surface area (Å²) in [5.74, 6) is -0.0779. The Kier molecular flexibility index (Phi) is 3.41. The molecule has 2 aromatic carbocycles. The first-order chi connectivity index (χ1) is 11.6. The van der Waals surface area contributed by atoms with Crippen molar-refractivity contribution in [3.63, 3.8) is 0 Å². The molecule has 5 nitrogen and oxygen atoms in total. The zero-order valence-corrected chi connectivity index (χ0v) is 13.3. The summed E-state index contributed by atoms with van der Waals surface area (Å²) >= 11 is 0. The molecule has 24 heavy (non-hydrogen) atoms. The number of fused-ring (bicyclic) bond motifs is 2. The second kappa shape index (κ2) is 5.60. The molecule has 0 bridgehead atoms. The molecular weight excluding hydrogens is 302 g/mol. The lowest BCUT2D eigenvalue weighted by Gasteiger charge is -2.23. The van der Waals surface area contributed by atoms with Gasteiger partial charge in [0, 0.05) is 11.7 Å². The SMILES string of the molecule is C[C@H]1Cc2ccccc2N1C(=O)Cn1c(=O)cnc2ccccc21. The summed E-state index contributed by atoms with van der Waals surface area (Å²) in [6.07, 6.45) is 2.12. The Labute approximate surface area is 139 Å². The zero-order valence-electron chi connectivity index (χ0n) is 13.3. The molecule has 0 N–H and O–H groups in total. The van der Waals surface area contributed by atoms with Gasteiger partial charge in [0.05, 0.1) is 17.2 Å². The van der Waals surface area contributed by atoms with Crippen molar-refractivity contribution in [1.82, 2.24) is 9.55 Å². The van der Waals surface area contributed by atoms with E-state index in [1.807, 2.05) is 55.5 Å². The lowest BCUT2D eigenvalue weighted by molar-refractivity contribution is -0.119. The molecule has 1 amide bonds. The fourth-order valence-corrected chi connectivity index (χ4v) is 3.43. The molecule has 0 unspecified atom stereocenters. The van der Waals surface area contributed by atoms with Gasteiger partial charge in [0.1, 0.15) is 6.54 Å². The molecule has 0 aliphatic carbocycles. The fourth-order valence-electron chi connectivity index (χ4n) is 3.43. The van der Waals surface area contributed by atoms with Gasteiger partial charge in [0.15, 0.2) is 0 Å². The summed E-state index contributed by atoms with van der Waals surface area (Å²) in [4.78, 5) is 31.1. The average Bonchev–Trinajstić information content (AvgIpc) is 2.93. The van der Waals surface area contributed by atoms with Crippen molar-refractivity contribution >= 4 is 22.6 Å². The molecule has 1 aliphatic heterocycles. The van der Waals surface area contributed by atoms with Gasteiger partial charge in [-0.15, -0.1) is 0 Å². The summed E-state index contributed by atoms with van der Waals surface area (Å²) in [7, 11) is 0. The summed E-state index contributed by atoms with van der Waals surface area (Å²) in [5.41, 5.74) is 3.24. The third-order valence-electron chi connectivity index (χ3n) is 4.52. The van der Waals surface area contributed by atoms with Gasteiger partial charge in [-0.25, -0.2) is 4.98 Å². The highest BCUT2D eigenvalue weighted by Crippen LogP contribution is 2.32. The Hall–Kier alpha value is -2.95. The Balaban J connectivity index is 1.73. The van der Waals surface area contributed by atoms with E-state index in [-0.39, 0.29) is 24.1 Å². The Morgan fingerprint density at radius 1 is 1.17 bits per heavy atom. The molecule has 1 aliphatic rings. The minimum Gasteiger partial charge on any atom is -0.307 e. The second-order valence-electron chi connectivity index (χ2n) is 6.12. The number of rotatable bonds is 2. The zero-order chi connectivity index (χ0) is 16.7. The molecule has 0 spiro atoms. The van der Waals surface area contributed by atoms with Crippen molar-refractivity contribution < 1.29 is 4.79 Å². The quantitative estimate of drug-likeness (QED) is 0.729. The van der Waals surface area contributed by atoms with E-state index in [0.717, 1.165) is 12.1 Å². The van der Waals surface area contributed by atoms with Crippen LogP contribution in [0.2, 0.25) is 0 Å². The van der Waals surface area contributed by atoms with Gasteiger partial charge in [0.2, 0.25) is 5.91 Å². The molecule has 4 rings (SSSR count). The molecule has 3 aromatic rings. The van der Waals surface area contributed by atoms with Crippen LogP contribution in [0.5, 0.6) is 0 Å². The molecule has 2 heterocycles. The van der Waals surface area contributed by atoms with Gasteiger partial charge in [-0.1, -0.05) is 30.3 Å². The number of anilines is 1. The minimum atomic E-state index is -0.262. The number of benzene rings is 2. The molecule has 0 saturated heterocycles. The third kappa shape index (κ3) is 2.29. The highest BCUT2D eigenvalue weighted by molar-refractivity contribution is 5.96. The van der Waals surface area contributed by atoms with Crippen molar-refractivity contribution in [2.75, 3.05) is 4.90 Å².